The van der Waals surface area contributed by atoms with Gasteiger partial charge in [-0.15, -0.1) is 0 Å². The number of carbonyl (C=O) groups is 4. The highest BCUT2D eigenvalue weighted by Gasteiger charge is 2.50. The van der Waals surface area contributed by atoms with E-state index >= 15 is 0 Å². The predicted molar refractivity (Wildman–Crippen MR) is 512 cm³/mol. The Balaban J connectivity index is 0.000000203. The normalized spacial score (nSPS) is 15.0. The van der Waals surface area contributed by atoms with E-state index in [1.165, 1.54) is 48.5 Å². The maximum Gasteiger partial charge on any atom is 0.154 e. The number of benzene rings is 12. The molecule has 0 heterocycles. The molecule has 12 aromatic rings. The number of carbonyl (C=O) groups excluding carboxylic acids is 4. The molecule has 0 amide bonds. The third-order valence-electron chi connectivity index (χ3n) is 19.2. The van der Waals surface area contributed by atoms with Crippen LogP contribution in [0.15, 0.2) is 230 Å². The van der Waals surface area contributed by atoms with Crippen molar-refractivity contribution in [3.63, 3.8) is 0 Å². The van der Waals surface area contributed by atoms with E-state index in [4.69, 9.17) is 66.7 Å². The summed E-state index contributed by atoms with van der Waals surface area (Å²) in [4.78, 5) is 43.0. The van der Waals surface area contributed by atoms with Crippen molar-refractivity contribution in [2.45, 2.75) is 88.4 Å². The molecule has 36 heteroatoms. The lowest BCUT2D eigenvalue weighted by atomic mass is 9.76. The van der Waals surface area contributed by atoms with Gasteiger partial charge < -0.3 is 30.5 Å². The molecule has 672 valence electrons. The van der Waals surface area contributed by atoms with Crippen LogP contribution >= 0.6 is 174 Å². The highest BCUT2D eigenvalue weighted by atomic mass is 79.9. The second-order valence-corrected chi connectivity index (χ2v) is 48.1. The summed E-state index contributed by atoms with van der Waals surface area (Å²) in [6.45, 7) is 12.0. The average Bonchev–Trinajstić information content (AvgIpc) is 1.58. The fourth-order valence-corrected chi connectivity index (χ4v) is 20.9. The number of phenols is 1. The fraction of sp³-hybridized carbons (Fsp3) is 0.163. The third kappa shape index (κ3) is 27.0. The van der Waals surface area contributed by atoms with Gasteiger partial charge in [0, 0.05) is 84.6 Å². The van der Waals surface area contributed by atoms with Gasteiger partial charge in [0.15, 0.2) is 25.1 Å². The van der Waals surface area contributed by atoms with Crippen LogP contribution in [0.3, 0.4) is 0 Å². The van der Waals surface area contributed by atoms with Crippen LogP contribution in [0.25, 0.3) is 0 Å². The molecule has 0 fully saturated rings. The highest BCUT2D eigenvalue weighted by Crippen LogP contribution is 2.54. The summed E-state index contributed by atoms with van der Waals surface area (Å²) < 4.78 is 159. The molecule has 0 radical (unpaired) electrons. The van der Waals surface area contributed by atoms with Crippen molar-refractivity contribution in [2.75, 3.05) is 6.54 Å². The highest BCUT2D eigenvalue weighted by molar-refractivity contribution is 9.11. The number of nitrogens with two attached hydrogens (primary N) is 1. The van der Waals surface area contributed by atoms with Crippen LogP contribution in [0, 0.1) is 75.3 Å². The van der Waals surface area contributed by atoms with E-state index in [1.54, 1.807) is 12.1 Å². The van der Waals surface area contributed by atoms with E-state index in [9.17, 15) is 82.9 Å². The van der Waals surface area contributed by atoms with Gasteiger partial charge in [-0.05, 0) is 190 Å². The number of halogens is 23. The van der Waals surface area contributed by atoms with Crippen LogP contribution in [0.5, 0.6) is 17.2 Å². The molecule has 2 aliphatic carbocycles. The summed E-state index contributed by atoms with van der Waals surface area (Å²) in [5.74, 6) is -6.26. The molecule has 0 saturated heterocycles. The molecule has 0 aliphatic heterocycles. The Hall–Kier alpha value is -7.25. The topological polar surface area (TPSA) is 197 Å². The van der Waals surface area contributed by atoms with E-state index in [0.29, 0.717) is 81.7 Å². The van der Waals surface area contributed by atoms with Gasteiger partial charge in [-0.25, -0.2) is 48.3 Å². The van der Waals surface area contributed by atoms with Crippen LogP contribution < -0.4 is 25.6 Å². The molecule has 4 atom stereocenters. The summed E-state index contributed by atoms with van der Waals surface area (Å²) in [7, 11) is -4.04. The number of fused-ring (bicyclic) bond motifs is 2. The number of hydrogen-bond donors (Lipinski definition) is 4. The van der Waals surface area contributed by atoms with Gasteiger partial charge in [0.2, 0.25) is 0 Å². The number of ether oxygens (including phenoxy) is 2. The Labute approximate surface area is 819 Å². The molecule has 0 spiro atoms. The first-order chi connectivity index (χ1) is 60.2. The number of aromatic hydroxyl groups is 1. The molecule has 0 aromatic heterocycles. The first-order valence-corrected chi connectivity index (χ1v) is 52.1. The molecule has 14 rings (SSSR count). The zero-order valence-corrected chi connectivity index (χ0v) is 85.2. The van der Waals surface area contributed by atoms with Gasteiger partial charge in [-0.3, -0.25) is 19.2 Å². The molecule has 4 unspecified atom stereocenters. The monoisotopic (exact) mass is 2380 g/mol. The minimum absolute atomic E-state index is 0.00585. The van der Waals surface area contributed by atoms with Gasteiger partial charge in [0.25, 0.3) is 0 Å². The number of aliphatic hydroxyl groups is 2. The second-order valence-electron chi connectivity index (χ2n) is 29.9. The number of aliphatic hydroxyl groups excluding tert-OH is 2. The van der Waals surface area contributed by atoms with Crippen molar-refractivity contribution < 1.29 is 92.3 Å². The van der Waals surface area contributed by atoms with Gasteiger partial charge in [-0.2, -0.15) is 5.26 Å². The number of rotatable bonds is 15. The number of hydrogen-bond acceptors (Lipinski definition) is 11. The lowest BCUT2D eigenvalue weighted by Gasteiger charge is -2.32. The van der Waals surface area contributed by atoms with Gasteiger partial charge >= 0.3 is 0 Å². The molecule has 2 aliphatic rings. The van der Waals surface area contributed by atoms with Crippen LogP contribution in [0.1, 0.15) is 98.1 Å². The van der Waals surface area contributed by atoms with Crippen molar-refractivity contribution in [2.24, 2.45) is 5.73 Å². The molecule has 12 aromatic carbocycles. The number of phenolic OH excluding ortho intramolecular Hbond substituents is 1. The zero-order valence-electron chi connectivity index (χ0n) is 67.5. The molecule has 128 heavy (non-hydrogen) atoms. The third-order valence-corrected chi connectivity index (χ3v) is 31.0. The SMILES string of the molecule is C[Si](C)(C)c1c(F)cc(Br)c(C=O)c1F.C[Si](C)(C)c1c(F)cc(Br)cc1F.Fc1cc(F)cc(Br)c1.N#CC1(c2ccccc2)Cc2cc(F)c(Cl)c(Br)c2C1O.NCC1(c2ccccc2)Cc2cc(F)c(Cl)c(Br)c2C1O.O=Cc1c(Br)cc(F)cc1OCc1ccccc1.O=Cc1c(O)cc(F)c(Cl)c1Br.O=Cc1c(OCc2ccccc2)cc(F)c(Cl)c1Br. The summed E-state index contributed by atoms with van der Waals surface area (Å²) >= 11 is 47.6. The molecule has 0 bridgehead atoms. The minimum Gasteiger partial charge on any atom is -0.507 e. The van der Waals surface area contributed by atoms with E-state index in [1.807, 2.05) is 148 Å². The van der Waals surface area contributed by atoms with Crippen molar-refractivity contribution in [1.82, 2.24) is 0 Å². The zero-order chi connectivity index (χ0) is 95.4. The Kier molecular flexibility index (Phi) is 40.8. The van der Waals surface area contributed by atoms with Crippen LogP contribution in [0.4, 0.5) is 48.3 Å². The van der Waals surface area contributed by atoms with E-state index in [-0.39, 0.29) is 98.3 Å². The first kappa shape index (κ1) is 108. The standard InChI is InChI=1S/C16H14BrClFNO.C16H10BrClFNO.C14H9BrClFO2.C14H10BrFO2.C10H11BrF2OSi.C9H11BrF2Si.C7H3BrClFO2.C6H3BrF2/c2*17-13-12-9(6-11(19)14(13)18)7-16(8-20,15(12)21)10-4-2-1-3-5-10;15-13-10(7-18)12(6-11(17)14(13)16)19-8-9-4-2-1-3-5-9;15-13-6-11(16)7-14(12(13)8-17)18-9-10-4-2-1-3-5-10;1-15(2,3)10-8(12)4-7(11)6(5-14)9(10)13;1-13(2,3)9-7(11)4-6(10)5-8(9)12;8-6-3(2-11)5(12)1-4(10)7(6)9;7-4-1-5(8)3-6(9)2-4/h1-6,15,21H,7-8,20H2;1-6,15,21H,7H2;1-7H,8H2;1-8H,9H2;4-5H,1-3H3;4-5H,1-3H3;1-2,12H;1-3H. The average molecular weight is 2390 g/mol. The van der Waals surface area contributed by atoms with Crippen LogP contribution in [-0.2, 0) is 36.9 Å². The number of nitrogens with zero attached hydrogens (tertiary/aromatic N) is 1. The molecule has 11 nitrogen and oxygen atoms in total. The maximum absolute atomic E-state index is 13.8. The second kappa shape index (κ2) is 48.4. The van der Waals surface area contributed by atoms with E-state index in [0.717, 1.165) is 46.5 Å². The van der Waals surface area contributed by atoms with E-state index < -0.39 is 109 Å². The van der Waals surface area contributed by atoms with Gasteiger partial charge in [0.1, 0.15) is 106 Å². The first-order valence-electron chi connectivity index (χ1n) is 37.3. The van der Waals surface area contributed by atoms with Gasteiger partial charge in [-0.1, -0.05) is 239 Å². The van der Waals surface area contributed by atoms with Crippen molar-refractivity contribution in [3.8, 4) is 23.3 Å². The van der Waals surface area contributed by atoms with Crippen molar-refractivity contribution in [1.29, 1.82) is 5.26 Å². The summed E-state index contributed by atoms with van der Waals surface area (Å²) in [5, 5.41) is 40.2. The lowest BCUT2D eigenvalue weighted by Crippen LogP contribution is -2.43. The Morgan fingerprint density at radius 3 is 1.23 bits per heavy atom. The lowest BCUT2D eigenvalue weighted by molar-refractivity contribution is 0.0986. The Morgan fingerprint density at radius 1 is 0.430 bits per heavy atom. The van der Waals surface area contributed by atoms with Crippen LogP contribution in [-0.4, -0.2) is 63.2 Å². The van der Waals surface area contributed by atoms with Crippen molar-refractivity contribution in [3.05, 3.63) is 381 Å². The quantitative estimate of drug-likeness (QED) is 0.0330. The number of nitriles is 1. The fourth-order valence-electron chi connectivity index (χ4n) is 13.0. The Bertz CT molecular complexity index is 6000. The molecule has 5 N–H and O–H groups in total. The minimum atomic E-state index is -2.12. The summed E-state index contributed by atoms with van der Waals surface area (Å²) in [6.07, 6.45) is 0.861. The predicted octanol–water partition coefficient (Wildman–Crippen LogP) is 28.5. The Morgan fingerprint density at radius 2 is 0.797 bits per heavy atom. The number of aldehydes is 4. The van der Waals surface area contributed by atoms with Gasteiger partial charge in [0.05, 0.1) is 79.6 Å². The van der Waals surface area contributed by atoms with Crippen molar-refractivity contribution >= 4 is 226 Å². The summed E-state index contributed by atoms with van der Waals surface area (Å²) in [5.41, 5.74) is 10.6. The van der Waals surface area contributed by atoms with E-state index in [2.05, 4.69) is 134 Å². The molecular formula is C92H71Br8Cl4F11N2O9Si2. The molecular weight excluding hydrogens is 2320 g/mol. The summed E-state index contributed by atoms with van der Waals surface area (Å²) in [6, 6.07) is 53.8. The molecule has 0 saturated carbocycles. The smallest absolute Gasteiger partial charge is 0.154 e. The van der Waals surface area contributed by atoms with Crippen LogP contribution in [0.2, 0.25) is 59.4 Å². The largest absolute Gasteiger partial charge is 0.507 e. The maximum atomic E-state index is 13.8.